The van der Waals surface area contributed by atoms with Gasteiger partial charge in [-0.25, -0.2) is 0 Å². The van der Waals surface area contributed by atoms with Crippen LogP contribution in [0, 0.1) is 5.92 Å². The van der Waals surface area contributed by atoms with Crippen molar-refractivity contribution in [3.63, 3.8) is 0 Å². The van der Waals surface area contributed by atoms with Crippen LogP contribution < -0.4 is 0 Å². The van der Waals surface area contributed by atoms with Gasteiger partial charge in [0.05, 0.1) is 11.8 Å². The number of amides is 1. The summed E-state index contributed by atoms with van der Waals surface area (Å²) in [6.45, 7) is 6.13. The second-order valence-electron chi connectivity index (χ2n) is 8.40. The van der Waals surface area contributed by atoms with Gasteiger partial charge >= 0.3 is 0 Å². The van der Waals surface area contributed by atoms with Gasteiger partial charge in [-0.1, -0.05) is 44.2 Å². The molecule has 2 aliphatic heterocycles. The van der Waals surface area contributed by atoms with Gasteiger partial charge in [-0.3, -0.25) is 14.5 Å². The Morgan fingerprint density at radius 1 is 1.13 bits per heavy atom. The van der Waals surface area contributed by atoms with Gasteiger partial charge < -0.3 is 14.4 Å². The van der Waals surface area contributed by atoms with Crippen LogP contribution in [0.25, 0.3) is 0 Å². The normalized spacial score (nSPS) is 21.1. The first-order valence-electron chi connectivity index (χ1n) is 10.6. The summed E-state index contributed by atoms with van der Waals surface area (Å²) in [6, 6.07) is 13.1. The minimum atomic E-state index is -0.659. The van der Waals surface area contributed by atoms with Crippen molar-refractivity contribution < 1.29 is 19.1 Å². The monoisotopic (exact) mass is 408 g/mol. The van der Waals surface area contributed by atoms with Crippen LogP contribution in [-0.4, -0.2) is 45.7 Å². The molecule has 1 fully saturated rings. The topological polar surface area (TPSA) is 74.0 Å². The number of Topliss-reactive ketones (excluding diaryl/α,β-unsaturated/α-hetero) is 1. The molecule has 1 saturated heterocycles. The van der Waals surface area contributed by atoms with Crippen molar-refractivity contribution in [1.82, 2.24) is 9.80 Å². The fraction of sp³-hybridized carbons (Fsp3) is 0.417. The summed E-state index contributed by atoms with van der Waals surface area (Å²) in [6.07, 6.45) is 3.10. The van der Waals surface area contributed by atoms with E-state index in [1.165, 1.54) is 11.8 Å². The highest BCUT2D eigenvalue weighted by molar-refractivity contribution is 6.09. The maximum atomic E-state index is 13.0. The average molecular weight is 408 g/mol. The summed E-state index contributed by atoms with van der Waals surface area (Å²) in [7, 11) is 0. The molecule has 2 aliphatic rings. The number of carbonyl (C=O) groups is 2. The fourth-order valence-corrected chi connectivity index (χ4v) is 4.49. The van der Waals surface area contributed by atoms with Crippen molar-refractivity contribution in [2.45, 2.75) is 45.3 Å². The summed E-state index contributed by atoms with van der Waals surface area (Å²) in [5.74, 6) is -0.918. The molecule has 6 heteroatoms. The number of aliphatic hydroxyl groups is 1. The molecular formula is C24H28N2O4. The van der Waals surface area contributed by atoms with Crippen LogP contribution in [0.5, 0.6) is 0 Å². The predicted molar refractivity (Wildman–Crippen MR) is 113 cm³/mol. The van der Waals surface area contributed by atoms with E-state index in [0.29, 0.717) is 5.76 Å². The van der Waals surface area contributed by atoms with Crippen LogP contribution in [0.1, 0.15) is 44.1 Å². The lowest BCUT2D eigenvalue weighted by Crippen LogP contribution is -2.47. The van der Waals surface area contributed by atoms with E-state index >= 15 is 0 Å². The minimum absolute atomic E-state index is 0.0563. The zero-order valence-electron chi connectivity index (χ0n) is 17.5. The van der Waals surface area contributed by atoms with Crippen molar-refractivity contribution in [1.29, 1.82) is 0 Å². The van der Waals surface area contributed by atoms with E-state index in [-0.39, 0.29) is 23.3 Å². The molecule has 0 bridgehead atoms. The zero-order valence-corrected chi connectivity index (χ0v) is 17.5. The van der Waals surface area contributed by atoms with E-state index in [2.05, 4.69) is 17.0 Å². The highest BCUT2D eigenvalue weighted by atomic mass is 16.3. The lowest BCUT2D eigenvalue weighted by Gasteiger charge is -2.39. The number of nitrogens with zero attached hydrogens (tertiary/aromatic N) is 2. The quantitative estimate of drug-likeness (QED) is 0.786. The molecule has 3 heterocycles. The molecule has 0 spiro atoms. The van der Waals surface area contributed by atoms with Gasteiger partial charge in [-0.15, -0.1) is 0 Å². The standard InChI is InChI=1S/C24H28N2O4/c1-16(2)22(27)20-21(19-9-6-14-30-19)26(24(29)23(20)28)18-10-12-25(13-11-18)15-17-7-4-3-5-8-17/h3-9,14,16,18,21,28H,10-13,15H2,1-2H3. The lowest BCUT2D eigenvalue weighted by molar-refractivity contribution is -0.133. The van der Waals surface area contributed by atoms with Crippen LogP contribution in [0.3, 0.4) is 0 Å². The number of likely N-dealkylation sites (tertiary alicyclic amines) is 1. The molecule has 1 amide bonds. The van der Waals surface area contributed by atoms with E-state index in [0.717, 1.165) is 32.5 Å². The van der Waals surface area contributed by atoms with E-state index in [9.17, 15) is 14.7 Å². The van der Waals surface area contributed by atoms with Crippen LogP contribution in [-0.2, 0) is 16.1 Å². The van der Waals surface area contributed by atoms with E-state index < -0.39 is 17.7 Å². The first-order chi connectivity index (χ1) is 14.5. The van der Waals surface area contributed by atoms with Crippen molar-refractivity contribution in [3.8, 4) is 0 Å². The number of rotatable bonds is 6. The van der Waals surface area contributed by atoms with Gasteiger partial charge in [0.2, 0.25) is 0 Å². The molecule has 1 aromatic carbocycles. The molecule has 1 N–H and O–H groups in total. The predicted octanol–water partition coefficient (Wildman–Crippen LogP) is 3.86. The Kier molecular flexibility index (Phi) is 5.77. The maximum Gasteiger partial charge on any atom is 0.290 e. The molecular weight excluding hydrogens is 380 g/mol. The summed E-state index contributed by atoms with van der Waals surface area (Å²) in [5, 5.41) is 10.6. The highest BCUT2D eigenvalue weighted by Gasteiger charge is 2.48. The Labute approximate surface area is 176 Å². The largest absolute Gasteiger partial charge is 0.503 e. The van der Waals surface area contributed by atoms with Crippen molar-refractivity contribution in [2.75, 3.05) is 13.1 Å². The first kappa shape index (κ1) is 20.4. The van der Waals surface area contributed by atoms with Gasteiger partial charge in [0, 0.05) is 31.6 Å². The van der Waals surface area contributed by atoms with E-state index in [1.807, 2.05) is 18.2 Å². The molecule has 158 valence electrons. The van der Waals surface area contributed by atoms with Crippen molar-refractivity contribution >= 4 is 11.7 Å². The van der Waals surface area contributed by atoms with Gasteiger partial charge in [0.15, 0.2) is 11.5 Å². The zero-order chi connectivity index (χ0) is 21.3. The highest BCUT2D eigenvalue weighted by Crippen LogP contribution is 2.42. The maximum absolute atomic E-state index is 13.0. The number of ketones is 1. The summed E-state index contributed by atoms with van der Waals surface area (Å²) in [5.41, 5.74) is 1.43. The van der Waals surface area contributed by atoms with Crippen molar-refractivity contribution in [2.24, 2.45) is 5.92 Å². The number of aliphatic hydroxyl groups excluding tert-OH is 1. The van der Waals surface area contributed by atoms with Gasteiger partial charge in [0.1, 0.15) is 11.8 Å². The Bertz CT molecular complexity index is 925. The third-order valence-corrected chi connectivity index (χ3v) is 6.05. The molecule has 1 aromatic heterocycles. The van der Waals surface area contributed by atoms with Crippen LogP contribution in [0.2, 0.25) is 0 Å². The second-order valence-corrected chi connectivity index (χ2v) is 8.40. The van der Waals surface area contributed by atoms with E-state index in [1.54, 1.807) is 30.9 Å². The van der Waals surface area contributed by atoms with Crippen LogP contribution in [0.15, 0.2) is 64.5 Å². The fourth-order valence-electron chi connectivity index (χ4n) is 4.49. The Hall–Kier alpha value is -2.86. The molecule has 30 heavy (non-hydrogen) atoms. The third-order valence-electron chi connectivity index (χ3n) is 6.05. The molecule has 6 nitrogen and oxygen atoms in total. The summed E-state index contributed by atoms with van der Waals surface area (Å²) < 4.78 is 5.59. The molecule has 0 saturated carbocycles. The summed E-state index contributed by atoms with van der Waals surface area (Å²) in [4.78, 5) is 29.9. The van der Waals surface area contributed by atoms with Gasteiger partial charge in [-0.2, -0.15) is 0 Å². The average Bonchev–Trinajstić information content (AvgIpc) is 3.36. The number of benzene rings is 1. The second kappa shape index (κ2) is 8.48. The number of hydrogen-bond donors (Lipinski definition) is 1. The third kappa shape index (κ3) is 3.79. The molecule has 0 aliphatic carbocycles. The molecule has 1 atom stereocenters. The first-order valence-corrected chi connectivity index (χ1v) is 10.6. The molecule has 4 rings (SSSR count). The Balaban J connectivity index is 1.53. The smallest absolute Gasteiger partial charge is 0.290 e. The molecule has 0 radical (unpaired) electrons. The Morgan fingerprint density at radius 2 is 1.83 bits per heavy atom. The van der Waals surface area contributed by atoms with Crippen LogP contribution >= 0.6 is 0 Å². The minimum Gasteiger partial charge on any atom is -0.503 e. The van der Waals surface area contributed by atoms with Gasteiger partial charge in [-0.05, 0) is 30.5 Å². The van der Waals surface area contributed by atoms with Gasteiger partial charge in [0.25, 0.3) is 5.91 Å². The number of hydrogen-bond acceptors (Lipinski definition) is 5. The summed E-state index contributed by atoms with van der Waals surface area (Å²) >= 11 is 0. The number of carbonyl (C=O) groups excluding carboxylic acids is 2. The SMILES string of the molecule is CC(C)C(=O)C1=C(O)C(=O)N(C2CCN(Cc3ccccc3)CC2)C1c1ccco1. The molecule has 1 unspecified atom stereocenters. The van der Waals surface area contributed by atoms with Crippen LogP contribution in [0.4, 0.5) is 0 Å². The lowest BCUT2D eigenvalue weighted by atomic mass is 9.93. The number of piperidine rings is 1. The number of furan rings is 1. The van der Waals surface area contributed by atoms with Crippen molar-refractivity contribution in [3.05, 3.63) is 71.4 Å². The van der Waals surface area contributed by atoms with E-state index in [4.69, 9.17) is 4.42 Å². The Morgan fingerprint density at radius 3 is 2.43 bits per heavy atom. The molecule has 2 aromatic rings.